The van der Waals surface area contributed by atoms with Crippen molar-refractivity contribution < 1.29 is 30.6 Å². The van der Waals surface area contributed by atoms with Gasteiger partial charge >= 0.3 is 17.0 Å². The van der Waals surface area contributed by atoms with Gasteiger partial charge in [0.1, 0.15) is 0 Å². The van der Waals surface area contributed by atoms with Crippen molar-refractivity contribution in [3.05, 3.63) is 77.0 Å². The van der Waals surface area contributed by atoms with E-state index < -0.39 is 15.6 Å². The first-order valence-corrected chi connectivity index (χ1v) is 12.5. The number of benzene rings is 2. The number of rotatable bonds is 1. The lowest BCUT2D eigenvalue weighted by molar-refractivity contribution is -0.0517. The molecule has 0 spiro atoms. The lowest BCUT2D eigenvalue weighted by Crippen LogP contribution is -2.25. The van der Waals surface area contributed by atoms with Crippen molar-refractivity contribution >= 4 is 10.1 Å². The molecule has 5 rings (SSSR count). The summed E-state index contributed by atoms with van der Waals surface area (Å²) in [5.74, 6) is 2.32. The van der Waals surface area contributed by atoms with E-state index in [1.165, 1.54) is 52.0 Å². The molecule has 1 heterocycles. The third kappa shape index (κ3) is 4.61. The smallest absolute Gasteiger partial charge is 0.485 e. The van der Waals surface area contributed by atoms with E-state index in [9.17, 15) is 13.2 Å². The van der Waals surface area contributed by atoms with Gasteiger partial charge < -0.3 is 4.55 Å². The van der Waals surface area contributed by atoms with E-state index in [4.69, 9.17) is 17.4 Å². The number of aryl methyl sites for hydroxylation is 1. The monoisotopic (exact) mass is 490 g/mol. The number of fused-ring (bicyclic) bond motifs is 4. The third-order valence-corrected chi connectivity index (χ3v) is 7.02. The summed E-state index contributed by atoms with van der Waals surface area (Å²) in [4.78, 5) is 0. The molecular weight excluding hydrogens is 465 g/mol. The minimum atomic E-state index is -6.09. The van der Waals surface area contributed by atoms with Crippen LogP contribution in [0.3, 0.4) is 0 Å². The van der Waals surface area contributed by atoms with Gasteiger partial charge in [0, 0.05) is 5.56 Å². The van der Waals surface area contributed by atoms with Crippen LogP contribution >= 0.6 is 0 Å². The summed E-state index contributed by atoms with van der Waals surface area (Å²) >= 11 is 0. The Balaban J connectivity index is 0.000000297. The molecule has 0 aliphatic heterocycles. The zero-order chi connectivity index (χ0) is 24.7. The van der Waals surface area contributed by atoms with Crippen LogP contribution in [0.25, 0.3) is 22.5 Å². The van der Waals surface area contributed by atoms with E-state index >= 15 is 0 Å². The van der Waals surface area contributed by atoms with Crippen LogP contribution in [0.4, 0.5) is 13.2 Å². The minimum Gasteiger partial charge on any atom is -0.741 e. The van der Waals surface area contributed by atoms with Gasteiger partial charge in [0.05, 0.1) is 22.1 Å². The minimum absolute atomic E-state index is 0.0958. The van der Waals surface area contributed by atoms with Gasteiger partial charge in [-0.05, 0) is 63.1 Å². The maximum Gasteiger partial charge on any atom is 0.485 e. The third-order valence-electron chi connectivity index (χ3n) is 6.45. The molecule has 2 aliphatic rings. The first-order valence-electron chi connectivity index (χ1n) is 11.1. The second kappa shape index (κ2) is 8.82. The molecule has 1 aromatic heterocycles. The van der Waals surface area contributed by atoms with Crippen LogP contribution in [-0.2, 0) is 34.8 Å². The summed E-state index contributed by atoms with van der Waals surface area (Å²) in [6, 6.07) is 19.7. The Bertz CT molecular complexity index is 1310. The van der Waals surface area contributed by atoms with Crippen molar-refractivity contribution in [2.45, 2.75) is 56.9 Å². The Morgan fingerprint density at radius 3 is 2.18 bits per heavy atom. The second-order valence-corrected chi connectivity index (χ2v) is 10.6. The Hall–Kier alpha value is -2.71. The summed E-state index contributed by atoms with van der Waals surface area (Å²) in [6.07, 6.45) is 5.72. The normalized spacial score (nSPS) is 16.4. The Morgan fingerprint density at radius 1 is 0.912 bits per heavy atom. The molecule has 2 aromatic carbocycles. The predicted molar refractivity (Wildman–Crippen MR) is 123 cm³/mol. The zero-order valence-electron chi connectivity index (χ0n) is 18.9. The molecule has 0 bridgehead atoms. The van der Waals surface area contributed by atoms with Gasteiger partial charge in [-0.2, -0.15) is 13.2 Å². The van der Waals surface area contributed by atoms with Crippen molar-refractivity contribution in [2.75, 3.05) is 0 Å². The zero-order valence-corrected chi connectivity index (χ0v) is 19.7. The molecule has 8 heteroatoms. The molecule has 0 atom stereocenters. The molecule has 34 heavy (non-hydrogen) atoms. The fourth-order valence-corrected chi connectivity index (χ4v) is 4.87. The van der Waals surface area contributed by atoms with Crippen LogP contribution in [0, 0.1) is 0 Å². The highest BCUT2D eigenvalue weighted by Crippen LogP contribution is 2.48. The summed E-state index contributed by atoms with van der Waals surface area (Å²) in [7, 11) is -6.09. The standard InChI is InChI=1S/C25H25O.CHF3O3S/c1-25(2)16-8-13-21-22(18-10-4-3-5-11-18)20-15-14-17-9-6-7-12-19(17)23(20)26-24(21)25;2-1(3,4)8(5,6)7/h3-7,9-12H,8,13-16H2,1-2H3;(H,5,6,7)/q+1;/p-1. The first-order chi connectivity index (χ1) is 15.9. The van der Waals surface area contributed by atoms with Crippen LogP contribution in [-0.4, -0.2) is 18.5 Å². The number of hydrogen-bond acceptors (Lipinski definition) is 3. The molecule has 0 saturated heterocycles. The average molecular weight is 491 g/mol. The van der Waals surface area contributed by atoms with Gasteiger partial charge in [-0.3, -0.25) is 0 Å². The molecule has 4 nitrogen and oxygen atoms in total. The predicted octanol–water partition coefficient (Wildman–Crippen LogP) is 6.66. The molecule has 0 amide bonds. The van der Waals surface area contributed by atoms with Crippen LogP contribution in [0.15, 0.2) is 59.0 Å². The van der Waals surface area contributed by atoms with Gasteiger partial charge in [0.2, 0.25) is 0 Å². The quantitative estimate of drug-likeness (QED) is 0.217. The van der Waals surface area contributed by atoms with Gasteiger partial charge in [0.25, 0.3) is 0 Å². The maximum absolute atomic E-state index is 10.7. The topological polar surface area (TPSA) is 68.5 Å². The van der Waals surface area contributed by atoms with Crippen LogP contribution in [0.2, 0.25) is 0 Å². The first kappa shape index (κ1) is 24.4. The average Bonchev–Trinajstić information content (AvgIpc) is 2.77. The van der Waals surface area contributed by atoms with Gasteiger partial charge in [-0.1, -0.05) is 48.5 Å². The maximum atomic E-state index is 10.7. The molecule has 3 aromatic rings. The molecule has 2 aliphatic carbocycles. The highest BCUT2D eigenvalue weighted by Gasteiger charge is 2.44. The second-order valence-electron chi connectivity index (χ2n) is 9.25. The molecule has 0 N–H and O–H groups in total. The Kier molecular flexibility index (Phi) is 6.33. The van der Waals surface area contributed by atoms with Crippen molar-refractivity contribution in [1.82, 2.24) is 0 Å². The highest BCUT2D eigenvalue weighted by atomic mass is 32.2. The van der Waals surface area contributed by atoms with Crippen molar-refractivity contribution in [3.8, 4) is 22.5 Å². The molecular formula is C26H25F3O4S. The summed E-state index contributed by atoms with van der Waals surface area (Å²) < 4.78 is 65.6. The lowest BCUT2D eigenvalue weighted by atomic mass is 9.73. The van der Waals surface area contributed by atoms with E-state index in [1.54, 1.807) is 0 Å². The summed E-state index contributed by atoms with van der Waals surface area (Å²) in [5.41, 5.74) is 2.80. The van der Waals surface area contributed by atoms with E-state index in [0.717, 1.165) is 25.0 Å². The molecule has 0 fully saturated rings. The van der Waals surface area contributed by atoms with Crippen LogP contribution in [0.5, 0.6) is 0 Å². The lowest BCUT2D eigenvalue weighted by Gasteiger charge is -2.28. The number of halogens is 3. The van der Waals surface area contributed by atoms with E-state index in [0.29, 0.717) is 0 Å². The van der Waals surface area contributed by atoms with E-state index in [1.807, 2.05) is 0 Å². The summed E-state index contributed by atoms with van der Waals surface area (Å²) in [5, 5.41) is 0. The van der Waals surface area contributed by atoms with Crippen LogP contribution < -0.4 is 0 Å². The fourth-order valence-electron chi connectivity index (χ4n) is 4.87. The fraction of sp³-hybridized carbons (Fsp3) is 0.346. The van der Waals surface area contributed by atoms with Crippen molar-refractivity contribution in [2.24, 2.45) is 0 Å². The molecule has 0 unspecified atom stereocenters. The van der Waals surface area contributed by atoms with Crippen molar-refractivity contribution in [3.63, 3.8) is 0 Å². The van der Waals surface area contributed by atoms with Gasteiger partial charge in [0.15, 0.2) is 10.1 Å². The Morgan fingerprint density at radius 2 is 1.53 bits per heavy atom. The molecule has 180 valence electrons. The summed E-state index contributed by atoms with van der Waals surface area (Å²) in [6.45, 7) is 4.68. The van der Waals surface area contributed by atoms with E-state index in [-0.39, 0.29) is 5.41 Å². The largest absolute Gasteiger partial charge is 0.741 e. The van der Waals surface area contributed by atoms with Crippen molar-refractivity contribution in [1.29, 1.82) is 0 Å². The molecule has 0 radical (unpaired) electrons. The van der Waals surface area contributed by atoms with Gasteiger partial charge in [-0.15, -0.1) is 0 Å². The number of hydrogen-bond donors (Lipinski definition) is 0. The molecule has 0 saturated carbocycles. The van der Waals surface area contributed by atoms with E-state index in [2.05, 4.69) is 68.4 Å². The number of alkyl halides is 3. The SMILES string of the molecule is CC1(C)CCCc2c1[o+]c1c(c2-c2ccccc2)CCc2ccccc2-1.O=S(=O)([O-])C(F)(F)F. The Labute approximate surface area is 197 Å². The van der Waals surface area contributed by atoms with Gasteiger partial charge in [-0.25, -0.2) is 12.8 Å². The van der Waals surface area contributed by atoms with Crippen LogP contribution in [0.1, 0.15) is 49.1 Å². The highest BCUT2D eigenvalue weighted by molar-refractivity contribution is 7.86.